The number of unbranched alkanes of at least 4 members (excludes halogenated alkanes) is 2. The predicted octanol–water partition coefficient (Wildman–Crippen LogP) is 3.84. The van der Waals surface area contributed by atoms with E-state index in [1.807, 2.05) is 41.3 Å². The van der Waals surface area contributed by atoms with Crippen molar-refractivity contribution in [3.8, 4) is 6.07 Å². The lowest BCUT2D eigenvalue weighted by Gasteiger charge is -2.36. The summed E-state index contributed by atoms with van der Waals surface area (Å²) in [5.74, 6) is 0.181. The zero-order valence-electron chi connectivity index (χ0n) is 18.5. The molecule has 0 bridgehead atoms. The Morgan fingerprint density at radius 1 is 1.03 bits per heavy atom. The lowest BCUT2D eigenvalue weighted by Crippen LogP contribution is -2.48. The Labute approximate surface area is 197 Å². The first-order valence-corrected chi connectivity index (χ1v) is 11.7. The topological polar surface area (TPSA) is 85.1 Å². The van der Waals surface area contributed by atoms with Crippen LogP contribution in [0.5, 0.6) is 0 Å². The Morgan fingerprint density at radius 3 is 2.61 bits per heavy atom. The quantitative estimate of drug-likeness (QED) is 0.427. The molecule has 0 unspecified atom stereocenters. The maximum atomic E-state index is 12.7. The number of nitrogens with zero attached hydrogens (tertiary/aromatic N) is 4. The van der Waals surface area contributed by atoms with E-state index < -0.39 is 0 Å². The summed E-state index contributed by atoms with van der Waals surface area (Å²) in [5.41, 5.74) is 2.37. The van der Waals surface area contributed by atoms with Gasteiger partial charge in [-0.3, -0.25) is 14.2 Å². The number of anilines is 1. The van der Waals surface area contributed by atoms with Gasteiger partial charge in [0.25, 0.3) is 5.56 Å². The Hall–Kier alpha value is -3.44. The fourth-order valence-electron chi connectivity index (χ4n) is 4.27. The van der Waals surface area contributed by atoms with Crippen LogP contribution in [0.2, 0.25) is 0 Å². The number of carbonyl (C=O) groups is 1. The van der Waals surface area contributed by atoms with Gasteiger partial charge in [-0.2, -0.15) is 5.26 Å². The van der Waals surface area contributed by atoms with E-state index in [9.17, 15) is 9.59 Å². The minimum Gasteiger partial charge on any atom is -0.368 e. The van der Waals surface area contributed by atoms with Crippen LogP contribution in [0.3, 0.4) is 0 Å². The fourth-order valence-corrected chi connectivity index (χ4v) is 4.55. The summed E-state index contributed by atoms with van der Waals surface area (Å²) in [5, 5.41) is 9.72. The van der Waals surface area contributed by atoms with Crippen LogP contribution < -0.4 is 10.5 Å². The molecule has 1 amide bonds. The molecular weight excluding hydrogens is 434 g/mol. The van der Waals surface area contributed by atoms with Crippen molar-refractivity contribution in [3.05, 3.63) is 69.2 Å². The van der Waals surface area contributed by atoms with E-state index in [2.05, 4.69) is 16.0 Å². The van der Waals surface area contributed by atoms with Gasteiger partial charge in [0, 0.05) is 44.8 Å². The molecule has 1 saturated heterocycles. The molecule has 0 atom stereocenters. The molecule has 0 radical (unpaired) electrons. The number of rotatable bonds is 7. The highest BCUT2D eigenvalue weighted by Crippen LogP contribution is 2.18. The second-order valence-electron chi connectivity index (χ2n) is 8.27. The molecule has 1 fully saturated rings. The number of hydrogen-bond donors (Lipinski definition) is 1. The second kappa shape index (κ2) is 10.5. The lowest BCUT2D eigenvalue weighted by molar-refractivity contribution is -0.131. The Balaban J connectivity index is 1.22. The number of piperazine rings is 1. The Kier molecular flexibility index (Phi) is 7.20. The number of aromatic amines is 1. The van der Waals surface area contributed by atoms with E-state index in [-0.39, 0.29) is 11.5 Å². The molecule has 1 N–H and O–H groups in total. The van der Waals surface area contributed by atoms with Crippen LogP contribution in [-0.4, -0.2) is 46.5 Å². The molecular formula is C25H27N5O2S. The minimum absolute atomic E-state index is 0.0661. The first-order chi connectivity index (χ1) is 16.1. The average molecular weight is 462 g/mol. The zero-order valence-corrected chi connectivity index (χ0v) is 19.3. The predicted molar refractivity (Wildman–Crippen MR) is 132 cm³/mol. The van der Waals surface area contributed by atoms with Crippen LogP contribution in [0.4, 0.5) is 5.69 Å². The molecule has 8 heteroatoms. The smallest absolute Gasteiger partial charge is 0.262 e. The van der Waals surface area contributed by atoms with Crippen LogP contribution in [-0.2, 0) is 11.3 Å². The highest BCUT2D eigenvalue weighted by Gasteiger charge is 2.21. The monoisotopic (exact) mass is 461 g/mol. The molecule has 2 heterocycles. The molecule has 0 spiro atoms. The summed E-state index contributed by atoms with van der Waals surface area (Å²) >= 11 is 5.36. The summed E-state index contributed by atoms with van der Waals surface area (Å²) in [6.07, 6.45) is 2.97. The van der Waals surface area contributed by atoms with Crippen LogP contribution in [0, 0.1) is 16.1 Å². The molecule has 1 aliphatic rings. The van der Waals surface area contributed by atoms with Gasteiger partial charge in [0.2, 0.25) is 5.91 Å². The molecule has 2 aromatic carbocycles. The van der Waals surface area contributed by atoms with E-state index >= 15 is 0 Å². The number of nitriles is 1. The molecule has 3 aromatic rings. The first-order valence-electron chi connectivity index (χ1n) is 11.3. The maximum Gasteiger partial charge on any atom is 0.262 e. The molecule has 0 aliphatic carbocycles. The Morgan fingerprint density at radius 2 is 1.82 bits per heavy atom. The Bertz CT molecular complexity index is 1300. The number of hydrogen-bond acceptors (Lipinski definition) is 5. The van der Waals surface area contributed by atoms with E-state index in [0.717, 1.165) is 43.6 Å². The van der Waals surface area contributed by atoms with Gasteiger partial charge in [-0.05, 0) is 55.4 Å². The van der Waals surface area contributed by atoms with E-state index in [0.29, 0.717) is 41.8 Å². The molecule has 4 rings (SSSR count). The van der Waals surface area contributed by atoms with Crippen molar-refractivity contribution in [2.75, 3.05) is 31.1 Å². The van der Waals surface area contributed by atoms with Crippen molar-refractivity contribution in [2.45, 2.75) is 32.2 Å². The number of nitrogens with one attached hydrogen (secondary N) is 1. The number of amides is 1. The van der Waals surface area contributed by atoms with Crippen molar-refractivity contribution >= 4 is 34.7 Å². The summed E-state index contributed by atoms with van der Waals surface area (Å²) in [4.78, 5) is 32.6. The third-order valence-corrected chi connectivity index (χ3v) is 6.46. The van der Waals surface area contributed by atoms with Crippen molar-refractivity contribution in [3.63, 3.8) is 0 Å². The van der Waals surface area contributed by atoms with Gasteiger partial charge in [-0.1, -0.05) is 24.6 Å². The number of carbonyl (C=O) groups excluding carboxylic acids is 1. The second-order valence-corrected chi connectivity index (χ2v) is 8.66. The third-order valence-electron chi connectivity index (χ3n) is 6.13. The van der Waals surface area contributed by atoms with Crippen molar-refractivity contribution < 1.29 is 4.79 Å². The number of benzene rings is 2. The van der Waals surface area contributed by atoms with Gasteiger partial charge < -0.3 is 14.8 Å². The van der Waals surface area contributed by atoms with E-state index in [4.69, 9.17) is 17.5 Å². The van der Waals surface area contributed by atoms with Crippen LogP contribution in [0.25, 0.3) is 10.9 Å². The van der Waals surface area contributed by atoms with Crippen molar-refractivity contribution in [2.24, 2.45) is 0 Å². The van der Waals surface area contributed by atoms with Gasteiger partial charge in [0.15, 0.2) is 4.77 Å². The summed E-state index contributed by atoms with van der Waals surface area (Å²) < 4.78 is 2.05. The SMILES string of the molecule is N#Cc1cccc(N2CCN(C(=O)CCCCCn3c(=S)[nH]c4ccccc4c3=O)CC2)c1. The van der Waals surface area contributed by atoms with E-state index in [1.54, 1.807) is 16.7 Å². The average Bonchev–Trinajstić information content (AvgIpc) is 2.85. The van der Waals surface area contributed by atoms with Gasteiger partial charge in [0.05, 0.1) is 22.5 Å². The molecule has 0 saturated carbocycles. The lowest BCUT2D eigenvalue weighted by atomic mass is 10.1. The minimum atomic E-state index is -0.0661. The van der Waals surface area contributed by atoms with Gasteiger partial charge >= 0.3 is 0 Å². The first kappa shape index (κ1) is 22.7. The summed E-state index contributed by atoms with van der Waals surface area (Å²) in [6.45, 7) is 3.47. The largest absolute Gasteiger partial charge is 0.368 e. The molecule has 33 heavy (non-hydrogen) atoms. The van der Waals surface area contributed by atoms with Crippen molar-refractivity contribution in [1.29, 1.82) is 5.26 Å². The normalized spacial score (nSPS) is 13.8. The number of para-hydroxylation sites is 1. The summed E-state index contributed by atoms with van der Waals surface area (Å²) in [7, 11) is 0. The highest BCUT2D eigenvalue weighted by atomic mass is 32.1. The van der Waals surface area contributed by atoms with Gasteiger partial charge in [-0.25, -0.2) is 0 Å². The maximum absolute atomic E-state index is 12.7. The van der Waals surface area contributed by atoms with Crippen LogP contribution >= 0.6 is 12.2 Å². The molecule has 1 aliphatic heterocycles. The van der Waals surface area contributed by atoms with Crippen molar-refractivity contribution in [1.82, 2.24) is 14.5 Å². The molecule has 7 nitrogen and oxygen atoms in total. The third kappa shape index (κ3) is 5.32. The number of fused-ring (bicyclic) bond motifs is 1. The van der Waals surface area contributed by atoms with Gasteiger partial charge in [-0.15, -0.1) is 0 Å². The number of H-pyrrole nitrogens is 1. The highest BCUT2D eigenvalue weighted by molar-refractivity contribution is 7.71. The van der Waals surface area contributed by atoms with Crippen LogP contribution in [0.1, 0.15) is 31.2 Å². The fraction of sp³-hybridized carbons (Fsp3) is 0.360. The van der Waals surface area contributed by atoms with Crippen LogP contribution in [0.15, 0.2) is 53.3 Å². The number of aromatic nitrogens is 2. The molecule has 170 valence electrons. The summed E-state index contributed by atoms with van der Waals surface area (Å²) in [6, 6.07) is 17.1. The standard InChI is InChI=1S/C25H27N5O2S/c26-18-19-7-6-8-20(17-19)28-13-15-29(16-14-28)23(31)11-2-1-5-12-30-24(32)21-9-3-4-10-22(21)27-25(30)33/h3-4,6-10,17H,1-2,5,11-16H2,(H,27,33). The molecule has 1 aromatic heterocycles. The zero-order chi connectivity index (χ0) is 23.2. The van der Waals surface area contributed by atoms with Gasteiger partial charge in [0.1, 0.15) is 0 Å². The van der Waals surface area contributed by atoms with E-state index in [1.165, 1.54) is 0 Å².